The van der Waals surface area contributed by atoms with E-state index in [1.807, 2.05) is 30.3 Å². The van der Waals surface area contributed by atoms with Crippen LogP contribution in [0.25, 0.3) is 0 Å². The first-order valence-corrected chi connectivity index (χ1v) is 6.65. The fraction of sp³-hybridized carbons (Fsp3) is 0.400. The monoisotopic (exact) mass is 291 g/mol. The molecule has 112 valence electrons. The van der Waals surface area contributed by atoms with Gasteiger partial charge in [0, 0.05) is 6.54 Å². The molecule has 1 aliphatic carbocycles. The lowest BCUT2D eigenvalue weighted by Gasteiger charge is -2.21. The molecule has 1 aliphatic rings. The number of carbonyl (C=O) groups excluding carboxylic acids is 2. The molecule has 0 aromatic heterocycles. The zero-order valence-electron chi connectivity index (χ0n) is 11.7. The molecule has 21 heavy (non-hydrogen) atoms. The fourth-order valence-corrected chi connectivity index (χ4v) is 2.21. The van der Waals surface area contributed by atoms with Gasteiger partial charge < -0.3 is 14.7 Å². The summed E-state index contributed by atoms with van der Waals surface area (Å²) in [6.45, 7) is 0.0880. The topological polar surface area (TPSA) is 83.9 Å². The predicted molar refractivity (Wildman–Crippen MR) is 73.1 cm³/mol. The molecule has 0 spiro atoms. The SMILES string of the molecule is COC(=O)CN(Cc1ccccc1)C(=O)[C@@H]1C[C@@H]1C(=O)O. The molecule has 1 aromatic carbocycles. The highest BCUT2D eigenvalue weighted by Crippen LogP contribution is 2.40. The first-order valence-electron chi connectivity index (χ1n) is 6.65. The quantitative estimate of drug-likeness (QED) is 0.788. The number of carbonyl (C=O) groups is 3. The van der Waals surface area contributed by atoms with Gasteiger partial charge in [-0.15, -0.1) is 0 Å². The molecule has 0 radical (unpaired) electrons. The van der Waals surface area contributed by atoms with E-state index in [0.717, 1.165) is 5.56 Å². The van der Waals surface area contributed by atoms with Gasteiger partial charge in [-0.3, -0.25) is 14.4 Å². The van der Waals surface area contributed by atoms with Gasteiger partial charge in [0.25, 0.3) is 0 Å². The fourth-order valence-electron chi connectivity index (χ4n) is 2.21. The Labute approximate surface area is 122 Å². The molecule has 0 aliphatic heterocycles. The number of hydrogen-bond acceptors (Lipinski definition) is 4. The lowest BCUT2D eigenvalue weighted by Crippen LogP contribution is -2.37. The van der Waals surface area contributed by atoms with Gasteiger partial charge in [-0.1, -0.05) is 30.3 Å². The average molecular weight is 291 g/mol. The Morgan fingerprint density at radius 3 is 2.43 bits per heavy atom. The molecule has 2 atom stereocenters. The van der Waals surface area contributed by atoms with Gasteiger partial charge in [-0.05, 0) is 12.0 Å². The molecule has 1 saturated carbocycles. The largest absolute Gasteiger partial charge is 0.481 e. The summed E-state index contributed by atoms with van der Waals surface area (Å²) in [5, 5.41) is 8.91. The Kier molecular flexibility index (Phi) is 4.57. The number of aliphatic carboxylic acids is 1. The molecule has 6 heteroatoms. The van der Waals surface area contributed by atoms with Crippen molar-refractivity contribution in [2.75, 3.05) is 13.7 Å². The lowest BCUT2D eigenvalue weighted by molar-refractivity contribution is -0.148. The van der Waals surface area contributed by atoms with Crippen molar-refractivity contribution in [3.8, 4) is 0 Å². The standard InChI is InChI=1S/C15H17NO5/c1-21-13(17)9-16(8-10-5-3-2-4-6-10)14(18)11-7-12(11)15(19)20/h2-6,11-12H,7-9H2,1H3,(H,19,20)/t11-,12+/m1/s1. The molecule has 1 aromatic rings. The van der Waals surface area contributed by atoms with Crippen LogP contribution >= 0.6 is 0 Å². The molecular formula is C15H17NO5. The number of esters is 1. The normalized spacial score (nSPS) is 19.7. The number of benzene rings is 1. The Balaban J connectivity index is 2.07. The molecular weight excluding hydrogens is 274 g/mol. The molecule has 0 unspecified atom stereocenters. The van der Waals surface area contributed by atoms with Crippen LogP contribution in [0.3, 0.4) is 0 Å². The van der Waals surface area contributed by atoms with Gasteiger partial charge in [0.1, 0.15) is 6.54 Å². The summed E-state index contributed by atoms with van der Waals surface area (Å²) in [5.74, 6) is -2.96. The highest BCUT2D eigenvalue weighted by molar-refractivity contribution is 5.91. The van der Waals surface area contributed by atoms with Gasteiger partial charge >= 0.3 is 11.9 Å². The number of carboxylic acids is 1. The van der Waals surface area contributed by atoms with Gasteiger partial charge in [0.05, 0.1) is 18.9 Å². The zero-order valence-corrected chi connectivity index (χ0v) is 11.7. The minimum atomic E-state index is -0.967. The number of amides is 1. The van der Waals surface area contributed by atoms with Crippen LogP contribution in [0.5, 0.6) is 0 Å². The van der Waals surface area contributed by atoms with Crippen LogP contribution in [0.1, 0.15) is 12.0 Å². The van der Waals surface area contributed by atoms with Gasteiger partial charge in [0.2, 0.25) is 5.91 Å². The van der Waals surface area contributed by atoms with E-state index in [4.69, 9.17) is 5.11 Å². The van der Waals surface area contributed by atoms with Crippen molar-refractivity contribution in [2.45, 2.75) is 13.0 Å². The van der Waals surface area contributed by atoms with Crippen molar-refractivity contribution in [3.05, 3.63) is 35.9 Å². The molecule has 0 bridgehead atoms. The summed E-state index contributed by atoms with van der Waals surface area (Å²) < 4.78 is 4.59. The summed E-state index contributed by atoms with van der Waals surface area (Å²) in [6.07, 6.45) is 0.334. The molecule has 1 N–H and O–H groups in total. The summed E-state index contributed by atoms with van der Waals surface area (Å²) in [6, 6.07) is 9.23. The zero-order chi connectivity index (χ0) is 15.4. The van der Waals surface area contributed by atoms with Crippen LogP contribution in [0.15, 0.2) is 30.3 Å². The summed E-state index contributed by atoms with van der Waals surface area (Å²) in [7, 11) is 1.25. The number of ether oxygens (including phenoxy) is 1. The second kappa shape index (κ2) is 6.39. The Morgan fingerprint density at radius 1 is 1.24 bits per heavy atom. The first-order chi connectivity index (χ1) is 10.0. The van der Waals surface area contributed by atoms with E-state index in [1.165, 1.54) is 12.0 Å². The summed E-state index contributed by atoms with van der Waals surface area (Å²) >= 11 is 0. The molecule has 1 fully saturated rings. The van der Waals surface area contributed by atoms with E-state index < -0.39 is 23.8 Å². The van der Waals surface area contributed by atoms with E-state index in [0.29, 0.717) is 6.42 Å². The Morgan fingerprint density at radius 2 is 1.90 bits per heavy atom. The first kappa shape index (κ1) is 15.0. The third-order valence-corrected chi connectivity index (χ3v) is 3.50. The Bertz CT molecular complexity index is 542. The van der Waals surface area contributed by atoms with Crippen LogP contribution in [0.2, 0.25) is 0 Å². The predicted octanol–water partition coefficient (Wildman–Crippen LogP) is 0.909. The minimum Gasteiger partial charge on any atom is -0.481 e. The van der Waals surface area contributed by atoms with E-state index in [1.54, 1.807) is 0 Å². The minimum absolute atomic E-state index is 0.174. The van der Waals surface area contributed by atoms with E-state index >= 15 is 0 Å². The van der Waals surface area contributed by atoms with Crippen molar-refractivity contribution in [3.63, 3.8) is 0 Å². The lowest BCUT2D eigenvalue weighted by atomic mass is 10.2. The van der Waals surface area contributed by atoms with Crippen LogP contribution in [-0.2, 0) is 25.7 Å². The second-order valence-electron chi connectivity index (χ2n) is 5.04. The maximum atomic E-state index is 12.3. The number of hydrogen-bond donors (Lipinski definition) is 1. The van der Waals surface area contributed by atoms with Gasteiger partial charge in [-0.2, -0.15) is 0 Å². The van der Waals surface area contributed by atoms with Crippen LogP contribution in [0, 0.1) is 11.8 Å². The maximum absolute atomic E-state index is 12.3. The summed E-state index contributed by atoms with van der Waals surface area (Å²) in [4.78, 5) is 36.0. The number of rotatable bonds is 6. The highest BCUT2D eigenvalue weighted by Gasteiger charge is 2.50. The third kappa shape index (κ3) is 3.81. The Hall–Kier alpha value is -2.37. The molecule has 0 heterocycles. The van der Waals surface area contributed by atoms with Gasteiger partial charge in [0.15, 0.2) is 0 Å². The van der Waals surface area contributed by atoms with Crippen LogP contribution in [-0.4, -0.2) is 41.5 Å². The number of carboxylic acid groups (broad SMARTS) is 1. The van der Waals surface area contributed by atoms with Crippen molar-refractivity contribution >= 4 is 17.8 Å². The van der Waals surface area contributed by atoms with Crippen molar-refractivity contribution in [1.29, 1.82) is 0 Å². The smallest absolute Gasteiger partial charge is 0.325 e. The number of nitrogens with zero attached hydrogens (tertiary/aromatic N) is 1. The average Bonchev–Trinajstić information content (AvgIpc) is 3.27. The second-order valence-corrected chi connectivity index (χ2v) is 5.04. The third-order valence-electron chi connectivity index (χ3n) is 3.50. The molecule has 1 amide bonds. The van der Waals surface area contributed by atoms with Crippen molar-refractivity contribution in [1.82, 2.24) is 4.90 Å². The van der Waals surface area contributed by atoms with Crippen LogP contribution in [0.4, 0.5) is 0 Å². The highest BCUT2D eigenvalue weighted by atomic mass is 16.5. The molecule has 0 saturated heterocycles. The molecule has 6 nitrogen and oxygen atoms in total. The number of methoxy groups -OCH3 is 1. The van der Waals surface area contributed by atoms with E-state index in [9.17, 15) is 14.4 Å². The van der Waals surface area contributed by atoms with E-state index in [2.05, 4.69) is 4.74 Å². The van der Waals surface area contributed by atoms with Gasteiger partial charge in [-0.25, -0.2) is 0 Å². The van der Waals surface area contributed by atoms with Crippen LogP contribution < -0.4 is 0 Å². The summed E-state index contributed by atoms with van der Waals surface area (Å²) in [5.41, 5.74) is 0.877. The van der Waals surface area contributed by atoms with Crippen molar-refractivity contribution < 1.29 is 24.2 Å². The molecule has 2 rings (SSSR count). The van der Waals surface area contributed by atoms with E-state index in [-0.39, 0.29) is 19.0 Å². The maximum Gasteiger partial charge on any atom is 0.325 e. The van der Waals surface area contributed by atoms with Crippen molar-refractivity contribution in [2.24, 2.45) is 11.8 Å².